The van der Waals surface area contributed by atoms with Gasteiger partial charge in [-0.1, -0.05) is 5.92 Å². The molecule has 0 saturated heterocycles. The molecule has 0 bridgehead atoms. The van der Waals surface area contributed by atoms with Crippen molar-refractivity contribution in [3.8, 4) is 12.3 Å². The summed E-state index contributed by atoms with van der Waals surface area (Å²) in [6.45, 7) is 1.73. The second kappa shape index (κ2) is 7.52. The lowest BCUT2D eigenvalue weighted by Crippen LogP contribution is -2.48. The fourth-order valence-corrected chi connectivity index (χ4v) is 1.23. The van der Waals surface area contributed by atoms with E-state index in [-0.39, 0.29) is 12.6 Å². The molecule has 6 nitrogen and oxygen atoms in total. The average molecular weight is 242 g/mol. The summed E-state index contributed by atoms with van der Waals surface area (Å²) in [6.07, 6.45) is 5.10. The minimum atomic E-state index is -1.10. The molecule has 2 amide bonds. The van der Waals surface area contributed by atoms with Crippen LogP contribution in [0.5, 0.6) is 0 Å². The highest BCUT2D eigenvalue weighted by molar-refractivity contribution is 5.80. The Morgan fingerprint density at radius 3 is 2.53 bits per heavy atom. The molecular formula is C11H18N2O4. The highest BCUT2D eigenvalue weighted by Gasteiger charge is 2.22. The van der Waals surface area contributed by atoms with Gasteiger partial charge in [-0.25, -0.2) is 4.79 Å². The third-order valence-corrected chi connectivity index (χ3v) is 2.25. The van der Waals surface area contributed by atoms with E-state index in [9.17, 15) is 9.59 Å². The van der Waals surface area contributed by atoms with E-state index >= 15 is 0 Å². The van der Waals surface area contributed by atoms with Crippen LogP contribution < -0.4 is 0 Å². The maximum atomic E-state index is 11.9. The summed E-state index contributed by atoms with van der Waals surface area (Å²) in [6, 6.07) is -0.573. The number of methoxy groups -OCH3 is 1. The highest BCUT2D eigenvalue weighted by Crippen LogP contribution is 2.02. The number of aliphatic carboxylic acids is 1. The van der Waals surface area contributed by atoms with Crippen LogP contribution >= 0.6 is 0 Å². The van der Waals surface area contributed by atoms with Gasteiger partial charge in [0.05, 0.1) is 19.2 Å². The number of nitrogens with zero attached hydrogens (tertiary/aromatic N) is 2. The third kappa shape index (κ3) is 5.22. The van der Waals surface area contributed by atoms with Crippen molar-refractivity contribution < 1.29 is 19.4 Å². The lowest BCUT2D eigenvalue weighted by molar-refractivity contribution is -0.137. The number of carboxylic acids is 1. The predicted molar refractivity (Wildman–Crippen MR) is 62.5 cm³/mol. The van der Waals surface area contributed by atoms with Gasteiger partial charge in [-0.2, -0.15) is 0 Å². The van der Waals surface area contributed by atoms with Gasteiger partial charge in [0.15, 0.2) is 0 Å². The topological polar surface area (TPSA) is 70.1 Å². The largest absolute Gasteiger partial charge is 0.480 e. The molecular weight excluding hydrogens is 224 g/mol. The Balaban J connectivity index is 4.59. The van der Waals surface area contributed by atoms with Crippen LogP contribution in [0.2, 0.25) is 0 Å². The molecule has 0 spiro atoms. The molecule has 0 heterocycles. The molecule has 0 aromatic heterocycles. The van der Waals surface area contributed by atoms with Crippen LogP contribution in [0.4, 0.5) is 4.79 Å². The van der Waals surface area contributed by atoms with Gasteiger partial charge >= 0.3 is 12.0 Å². The molecule has 1 unspecified atom stereocenters. The molecule has 0 radical (unpaired) electrons. The van der Waals surface area contributed by atoms with Gasteiger partial charge in [0.2, 0.25) is 0 Å². The SMILES string of the molecule is C#CCN(CC(=O)O)C(=O)N(C)C(C)COC. The number of carbonyl (C=O) groups excluding carboxylic acids is 1. The number of terminal acetylenes is 1. The first-order chi connectivity index (χ1) is 7.93. The van der Waals surface area contributed by atoms with E-state index < -0.39 is 18.5 Å². The quantitative estimate of drug-likeness (QED) is 0.670. The zero-order chi connectivity index (χ0) is 13.4. The molecule has 0 fully saturated rings. The van der Waals surface area contributed by atoms with E-state index in [0.29, 0.717) is 6.61 Å². The van der Waals surface area contributed by atoms with Gasteiger partial charge in [0.25, 0.3) is 0 Å². The van der Waals surface area contributed by atoms with Crippen molar-refractivity contribution in [2.45, 2.75) is 13.0 Å². The second-order valence-corrected chi connectivity index (χ2v) is 3.65. The van der Waals surface area contributed by atoms with E-state index in [1.165, 1.54) is 12.0 Å². The Bertz CT molecular complexity index is 311. The summed E-state index contributed by atoms with van der Waals surface area (Å²) in [7, 11) is 3.11. The predicted octanol–water partition coefficient (Wildman–Crippen LogP) is 0.0929. The van der Waals surface area contributed by atoms with E-state index in [1.807, 2.05) is 0 Å². The molecule has 96 valence electrons. The molecule has 0 saturated carbocycles. The van der Waals surface area contributed by atoms with Crippen LogP contribution in [0, 0.1) is 12.3 Å². The number of amides is 2. The lowest BCUT2D eigenvalue weighted by atomic mass is 10.3. The molecule has 1 atom stereocenters. The van der Waals surface area contributed by atoms with E-state index in [0.717, 1.165) is 4.90 Å². The smallest absolute Gasteiger partial charge is 0.323 e. The minimum Gasteiger partial charge on any atom is -0.480 e. The van der Waals surface area contributed by atoms with Crippen LogP contribution in [-0.2, 0) is 9.53 Å². The molecule has 0 aromatic rings. The molecule has 0 aliphatic heterocycles. The maximum Gasteiger partial charge on any atom is 0.323 e. The van der Waals surface area contributed by atoms with Crippen molar-refractivity contribution in [1.29, 1.82) is 0 Å². The van der Waals surface area contributed by atoms with Crippen molar-refractivity contribution in [2.24, 2.45) is 0 Å². The normalized spacial score (nSPS) is 11.4. The van der Waals surface area contributed by atoms with Crippen LogP contribution in [0.3, 0.4) is 0 Å². The Kier molecular flexibility index (Phi) is 6.75. The van der Waals surface area contributed by atoms with Crippen LogP contribution in [0.15, 0.2) is 0 Å². The Hall–Kier alpha value is -1.74. The molecule has 1 N–H and O–H groups in total. The lowest BCUT2D eigenvalue weighted by Gasteiger charge is -2.29. The third-order valence-electron chi connectivity index (χ3n) is 2.25. The van der Waals surface area contributed by atoms with Crippen molar-refractivity contribution in [1.82, 2.24) is 9.80 Å². The number of carbonyl (C=O) groups is 2. The van der Waals surface area contributed by atoms with Gasteiger partial charge in [-0.3, -0.25) is 4.79 Å². The van der Waals surface area contributed by atoms with Gasteiger partial charge in [-0.05, 0) is 6.92 Å². The number of ether oxygens (including phenoxy) is 1. The number of hydrogen-bond acceptors (Lipinski definition) is 3. The summed E-state index contributed by atoms with van der Waals surface area (Å²) in [5.74, 6) is 1.17. The van der Waals surface area contributed by atoms with Crippen LogP contribution in [0.25, 0.3) is 0 Å². The molecule has 0 aromatic carbocycles. The number of carboxylic acid groups (broad SMARTS) is 1. The van der Waals surface area contributed by atoms with E-state index in [2.05, 4.69) is 5.92 Å². The van der Waals surface area contributed by atoms with Gasteiger partial charge in [0, 0.05) is 14.2 Å². The Morgan fingerprint density at radius 1 is 1.53 bits per heavy atom. The first-order valence-electron chi connectivity index (χ1n) is 5.10. The maximum absolute atomic E-state index is 11.9. The Morgan fingerprint density at radius 2 is 2.12 bits per heavy atom. The number of hydrogen-bond donors (Lipinski definition) is 1. The summed E-state index contributed by atoms with van der Waals surface area (Å²) in [5, 5.41) is 8.68. The summed E-state index contributed by atoms with van der Waals surface area (Å²) in [4.78, 5) is 25.0. The zero-order valence-corrected chi connectivity index (χ0v) is 10.3. The standard InChI is InChI=1S/C11H18N2O4/c1-5-6-13(7-10(14)15)11(16)12(3)9(2)8-17-4/h1,9H,6-8H2,2-4H3,(H,14,15). The molecule has 0 rings (SSSR count). The molecule has 6 heteroatoms. The van der Waals surface area contributed by atoms with Gasteiger partial charge in [0.1, 0.15) is 6.54 Å². The minimum absolute atomic E-state index is 0.0326. The van der Waals surface area contributed by atoms with E-state index in [4.69, 9.17) is 16.3 Å². The fraction of sp³-hybridized carbons (Fsp3) is 0.636. The van der Waals surface area contributed by atoms with Gasteiger partial charge < -0.3 is 19.6 Å². The van der Waals surface area contributed by atoms with E-state index in [1.54, 1.807) is 14.0 Å². The van der Waals surface area contributed by atoms with Gasteiger partial charge in [-0.15, -0.1) is 6.42 Å². The fourth-order valence-electron chi connectivity index (χ4n) is 1.23. The summed E-state index contributed by atoms with van der Waals surface area (Å²) >= 11 is 0. The number of urea groups is 1. The monoisotopic (exact) mass is 242 g/mol. The second-order valence-electron chi connectivity index (χ2n) is 3.65. The van der Waals surface area contributed by atoms with Crippen molar-refractivity contribution in [3.63, 3.8) is 0 Å². The average Bonchev–Trinajstić information content (AvgIpc) is 2.26. The zero-order valence-electron chi connectivity index (χ0n) is 10.3. The summed E-state index contributed by atoms with van der Waals surface area (Å²) in [5.41, 5.74) is 0. The highest BCUT2D eigenvalue weighted by atomic mass is 16.5. The first-order valence-corrected chi connectivity index (χ1v) is 5.10. The van der Waals surface area contributed by atoms with Crippen molar-refractivity contribution in [3.05, 3.63) is 0 Å². The van der Waals surface area contributed by atoms with Crippen molar-refractivity contribution in [2.75, 3.05) is 33.9 Å². The molecule has 0 aliphatic rings. The summed E-state index contributed by atoms with van der Waals surface area (Å²) < 4.78 is 4.93. The molecule has 0 aliphatic carbocycles. The molecule has 17 heavy (non-hydrogen) atoms. The van der Waals surface area contributed by atoms with Crippen LogP contribution in [-0.4, -0.2) is 66.8 Å². The number of likely N-dealkylation sites (N-methyl/N-ethyl adjacent to an activating group) is 1. The first kappa shape index (κ1) is 15.3. The Labute approximate surface area is 101 Å². The number of rotatable bonds is 6. The van der Waals surface area contributed by atoms with Crippen molar-refractivity contribution >= 4 is 12.0 Å². The van der Waals surface area contributed by atoms with Crippen LogP contribution in [0.1, 0.15) is 6.92 Å².